The number of hydrogen-bond acceptors (Lipinski definition) is 5. The lowest BCUT2D eigenvalue weighted by molar-refractivity contribution is 0.0886. The molecule has 0 atom stereocenters. The van der Waals surface area contributed by atoms with E-state index in [1.807, 2.05) is 12.4 Å². The van der Waals surface area contributed by atoms with Crippen LogP contribution in [0.5, 0.6) is 0 Å². The highest BCUT2D eigenvalue weighted by Crippen LogP contribution is 2.39. The van der Waals surface area contributed by atoms with E-state index in [0.717, 1.165) is 45.6 Å². The van der Waals surface area contributed by atoms with Crippen LogP contribution in [-0.2, 0) is 6.54 Å². The second-order valence-corrected chi connectivity index (χ2v) is 8.41. The zero-order valence-electron chi connectivity index (χ0n) is 17.0. The van der Waals surface area contributed by atoms with Crippen LogP contribution < -0.4 is 5.32 Å². The summed E-state index contributed by atoms with van der Waals surface area (Å²) < 4.78 is 2.27. The van der Waals surface area contributed by atoms with E-state index < -0.39 is 0 Å². The Labute approximate surface area is 176 Å². The van der Waals surface area contributed by atoms with Gasteiger partial charge in [0.15, 0.2) is 0 Å². The van der Waals surface area contributed by atoms with Crippen molar-refractivity contribution >= 4 is 11.5 Å². The zero-order valence-corrected chi connectivity index (χ0v) is 17.0. The largest absolute Gasteiger partial charge is 0.362 e. The van der Waals surface area contributed by atoms with Gasteiger partial charge >= 0.3 is 0 Å². The molecule has 5 heterocycles. The third kappa shape index (κ3) is 2.82. The molecule has 1 fully saturated rings. The number of hydrogen-bond donors (Lipinski definition) is 1. The van der Waals surface area contributed by atoms with Crippen molar-refractivity contribution in [2.45, 2.75) is 25.0 Å². The zero-order chi connectivity index (χ0) is 20.0. The van der Waals surface area contributed by atoms with E-state index in [1.54, 1.807) is 0 Å². The Kier molecular flexibility index (Phi) is 4.13. The number of benzene rings is 1. The molecule has 1 N–H and O–H groups in total. The van der Waals surface area contributed by atoms with Gasteiger partial charge in [-0.25, -0.2) is 0 Å². The molecular formula is C24H26N6. The first-order valence-corrected chi connectivity index (χ1v) is 10.8. The second kappa shape index (κ2) is 6.99. The lowest BCUT2D eigenvalue weighted by Crippen LogP contribution is -2.63. The molecule has 0 amide bonds. The summed E-state index contributed by atoms with van der Waals surface area (Å²) in [6, 6.07) is 17.1. The van der Waals surface area contributed by atoms with Crippen molar-refractivity contribution in [3.05, 3.63) is 78.4 Å². The molecule has 1 saturated heterocycles. The number of likely N-dealkylation sites (tertiary alicyclic amines) is 1. The van der Waals surface area contributed by atoms with Crippen molar-refractivity contribution in [3.8, 4) is 5.69 Å². The van der Waals surface area contributed by atoms with E-state index in [4.69, 9.17) is 4.99 Å². The Balaban J connectivity index is 1.20. The summed E-state index contributed by atoms with van der Waals surface area (Å²) in [5.74, 6) is 1.18. The maximum absolute atomic E-state index is 4.85. The standard InChI is InChI=1S/C24H26N6/c1-2-6-22-21(5-1)23-26-13-17-30(23)24(27-22)9-15-28(16-10-24)18-20-4-3-14-29(20)19-7-11-25-12-8-19/h1-8,11-12,14,27H,9-10,13,15-18H2. The number of nitrogens with one attached hydrogen (secondary N) is 1. The molecule has 3 aromatic rings. The number of amidine groups is 1. The summed E-state index contributed by atoms with van der Waals surface area (Å²) >= 11 is 0. The second-order valence-electron chi connectivity index (χ2n) is 8.41. The Bertz CT molecular complexity index is 1080. The Morgan fingerprint density at radius 2 is 1.77 bits per heavy atom. The summed E-state index contributed by atoms with van der Waals surface area (Å²) in [4.78, 5) is 14.1. The Morgan fingerprint density at radius 1 is 0.933 bits per heavy atom. The minimum Gasteiger partial charge on any atom is -0.362 e. The molecule has 0 bridgehead atoms. The van der Waals surface area contributed by atoms with Gasteiger partial charge in [0.05, 0.1) is 6.54 Å². The highest BCUT2D eigenvalue weighted by atomic mass is 15.4. The number of nitrogens with zero attached hydrogens (tertiary/aromatic N) is 5. The lowest BCUT2D eigenvalue weighted by atomic mass is 9.90. The molecule has 1 spiro atoms. The van der Waals surface area contributed by atoms with E-state index in [2.05, 4.69) is 79.4 Å². The van der Waals surface area contributed by atoms with Crippen molar-refractivity contribution in [1.82, 2.24) is 19.4 Å². The van der Waals surface area contributed by atoms with E-state index >= 15 is 0 Å². The molecule has 1 aromatic carbocycles. The molecule has 6 heteroatoms. The van der Waals surface area contributed by atoms with Crippen LogP contribution in [0.1, 0.15) is 24.1 Å². The molecule has 2 aromatic heterocycles. The number of para-hydroxylation sites is 1. The molecule has 6 rings (SSSR count). The van der Waals surface area contributed by atoms with Crippen LogP contribution in [0, 0.1) is 0 Å². The third-order valence-corrected chi connectivity index (χ3v) is 6.74. The summed E-state index contributed by atoms with van der Waals surface area (Å²) in [6.07, 6.45) is 8.03. The van der Waals surface area contributed by atoms with Crippen LogP contribution >= 0.6 is 0 Å². The summed E-state index contributed by atoms with van der Waals surface area (Å²) in [5, 5.41) is 3.91. The van der Waals surface area contributed by atoms with Gasteiger partial charge in [-0.2, -0.15) is 0 Å². The molecule has 152 valence electrons. The molecular weight excluding hydrogens is 372 g/mol. The number of fused-ring (bicyclic) bond motifs is 4. The summed E-state index contributed by atoms with van der Waals surface area (Å²) in [7, 11) is 0. The molecule has 0 aliphatic carbocycles. The van der Waals surface area contributed by atoms with Crippen LogP contribution in [-0.4, -0.2) is 57.0 Å². The quantitative estimate of drug-likeness (QED) is 0.735. The van der Waals surface area contributed by atoms with Gasteiger partial charge in [0.25, 0.3) is 0 Å². The number of piperidine rings is 1. The minimum absolute atomic E-state index is 0.00667. The van der Waals surface area contributed by atoms with Crippen molar-refractivity contribution in [2.24, 2.45) is 4.99 Å². The van der Waals surface area contributed by atoms with E-state index in [-0.39, 0.29) is 5.66 Å². The van der Waals surface area contributed by atoms with E-state index in [9.17, 15) is 0 Å². The fraction of sp³-hybridized carbons (Fsp3) is 0.333. The molecule has 3 aliphatic heterocycles. The predicted octanol–water partition coefficient (Wildman–Crippen LogP) is 3.35. The van der Waals surface area contributed by atoms with Crippen molar-refractivity contribution in [3.63, 3.8) is 0 Å². The minimum atomic E-state index is -0.00667. The van der Waals surface area contributed by atoms with Gasteiger partial charge in [0, 0.05) is 80.2 Å². The number of pyridine rings is 1. The monoisotopic (exact) mass is 398 g/mol. The van der Waals surface area contributed by atoms with E-state index in [1.165, 1.54) is 28.5 Å². The maximum atomic E-state index is 4.85. The van der Waals surface area contributed by atoms with Gasteiger partial charge in [-0.15, -0.1) is 0 Å². The van der Waals surface area contributed by atoms with Crippen molar-refractivity contribution in [2.75, 3.05) is 31.5 Å². The van der Waals surface area contributed by atoms with Crippen LogP contribution in [0.25, 0.3) is 5.69 Å². The lowest BCUT2D eigenvalue weighted by Gasteiger charge is -2.52. The molecule has 0 saturated carbocycles. The maximum Gasteiger partial charge on any atom is 0.134 e. The Morgan fingerprint density at radius 3 is 2.63 bits per heavy atom. The number of aromatic nitrogens is 2. The topological polar surface area (TPSA) is 48.7 Å². The first-order chi connectivity index (χ1) is 14.8. The first-order valence-electron chi connectivity index (χ1n) is 10.8. The average molecular weight is 399 g/mol. The third-order valence-electron chi connectivity index (χ3n) is 6.74. The highest BCUT2D eigenvalue weighted by Gasteiger charge is 2.46. The molecule has 0 radical (unpaired) electrons. The van der Waals surface area contributed by atoms with Crippen molar-refractivity contribution < 1.29 is 0 Å². The van der Waals surface area contributed by atoms with Gasteiger partial charge in [-0.1, -0.05) is 12.1 Å². The SMILES string of the molecule is c1ccc2c(c1)NC1(CCN(Cc3cccn3-c3ccncc3)CC1)N1CCN=C21. The average Bonchev–Trinajstić information content (AvgIpc) is 3.47. The predicted molar refractivity (Wildman–Crippen MR) is 119 cm³/mol. The van der Waals surface area contributed by atoms with Gasteiger partial charge in [0.1, 0.15) is 11.5 Å². The fourth-order valence-electron chi connectivity index (χ4n) is 5.21. The highest BCUT2D eigenvalue weighted by molar-refractivity contribution is 6.06. The number of anilines is 1. The smallest absolute Gasteiger partial charge is 0.134 e. The molecule has 0 unspecified atom stereocenters. The number of rotatable bonds is 3. The first kappa shape index (κ1) is 17.7. The van der Waals surface area contributed by atoms with Crippen LogP contribution in [0.2, 0.25) is 0 Å². The van der Waals surface area contributed by atoms with Crippen LogP contribution in [0.4, 0.5) is 5.69 Å². The van der Waals surface area contributed by atoms with Gasteiger partial charge in [-0.05, 0) is 36.4 Å². The normalized spacial score (nSPS) is 19.9. The molecule has 6 nitrogen and oxygen atoms in total. The number of aliphatic imine (C=N–C) groups is 1. The summed E-state index contributed by atoms with van der Waals surface area (Å²) in [6.45, 7) is 5.02. The van der Waals surface area contributed by atoms with Crippen LogP contribution in [0.3, 0.4) is 0 Å². The molecule has 30 heavy (non-hydrogen) atoms. The van der Waals surface area contributed by atoms with Gasteiger partial charge in [-0.3, -0.25) is 14.9 Å². The van der Waals surface area contributed by atoms with Crippen LogP contribution in [0.15, 0.2) is 72.1 Å². The van der Waals surface area contributed by atoms with Gasteiger partial charge in [0.2, 0.25) is 0 Å². The Hall–Kier alpha value is -3.12. The van der Waals surface area contributed by atoms with Gasteiger partial charge < -0.3 is 14.8 Å². The van der Waals surface area contributed by atoms with E-state index in [0.29, 0.717) is 0 Å². The molecule has 3 aliphatic rings. The van der Waals surface area contributed by atoms with Crippen molar-refractivity contribution in [1.29, 1.82) is 0 Å². The summed E-state index contributed by atoms with van der Waals surface area (Å²) in [5.41, 5.74) is 4.96. The fourth-order valence-corrected chi connectivity index (χ4v) is 5.21.